The second-order valence-corrected chi connectivity index (χ2v) is 7.52. The van der Waals surface area contributed by atoms with Crippen LogP contribution >= 0.6 is 11.3 Å². The molecule has 0 aromatic carbocycles. The van der Waals surface area contributed by atoms with Crippen LogP contribution in [0.3, 0.4) is 0 Å². The van der Waals surface area contributed by atoms with E-state index in [9.17, 15) is 13.2 Å². The molecule has 11 heteroatoms. The summed E-state index contributed by atoms with van der Waals surface area (Å²) in [5.74, 6) is 0.151. The van der Waals surface area contributed by atoms with Crippen molar-refractivity contribution in [2.75, 3.05) is 0 Å². The molecule has 0 aliphatic carbocycles. The van der Waals surface area contributed by atoms with E-state index in [1.807, 2.05) is 19.9 Å². The fourth-order valence-electron chi connectivity index (χ4n) is 3.29. The van der Waals surface area contributed by atoms with Crippen LogP contribution in [-0.2, 0) is 13.2 Å². The first-order valence-electron chi connectivity index (χ1n) is 8.26. The number of rotatable bonds is 1. The lowest BCUT2D eigenvalue weighted by atomic mass is 10.1. The van der Waals surface area contributed by atoms with Crippen molar-refractivity contribution in [2.24, 2.45) is 7.05 Å². The van der Waals surface area contributed by atoms with Crippen molar-refractivity contribution in [2.45, 2.75) is 20.0 Å². The van der Waals surface area contributed by atoms with Gasteiger partial charge in [0, 0.05) is 18.1 Å². The maximum absolute atomic E-state index is 13.0. The molecule has 0 saturated carbocycles. The quantitative estimate of drug-likeness (QED) is 0.424. The molecule has 5 aromatic heterocycles. The average Bonchev–Trinajstić information content (AvgIpc) is 3.26. The third-order valence-corrected chi connectivity index (χ3v) is 5.56. The molecule has 0 bridgehead atoms. The SMILES string of the molecule is Cc1cc(C)c2c(n1)sc1c2ncn2nc(-c3cc(C(F)(F)F)nn3C)nc12. The Balaban J connectivity index is 1.77. The zero-order valence-corrected chi connectivity index (χ0v) is 15.7. The summed E-state index contributed by atoms with van der Waals surface area (Å²) in [5.41, 5.74) is 2.45. The molecule has 0 N–H and O–H groups in total. The van der Waals surface area contributed by atoms with Gasteiger partial charge in [0.25, 0.3) is 0 Å². The Morgan fingerprint density at radius 1 is 1.07 bits per heavy atom. The molecule has 7 nitrogen and oxygen atoms in total. The monoisotopic (exact) mass is 403 g/mol. The third kappa shape index (κ3) is 2.39. The van der Waals surface area contributed by atoms with E-state index in [0.717, 1.165) is 42.4 Å². The van der Waals surface area contributed by atoms with E-state index in [2.05, 4.69) is 25.1 Å². The van der Waals surface area contributed by atoms with Crippen LogP contribution < -0.4 is 0 Å². The number of alkyl halides is 3. The van der Waals surface area contributed by atoms with Crippen LogP contribution in [0.5, 0.6) is 0 Å². The van der Waals surface area contributed by atoms with Crippen molar-refractivity contribution in [1.29, 1.82) is 0 Å². The number of aromatic nitrogens is 7. The molecule has 28 heavy (non-hydrogen) atoms. The van der Waals surface area contributed by atoms with Crippen molar-refractivity contribution in [3.05, 3.63) is 35.4 Å². The van der Waals surface area contributed by atoms with E-state index in [4.69, 9.17) is 0 Å². The molecule has 5 aromatic rings. The van der Waals surface area contributed by atoms with Gasteiger partial charge in [-0.3, -0.25) is 4.68 Å². The molecule has 0 spiro atoms. The van der Waals surface area contributed by atoms with E-state index >= 15 is 0 Å². The standard InChI is InChI=1S/C17H12F3N7S/c1-7-4-8(2)22-16-11(7)12-13(28-16)15-23-14(25-27(15)6-21-12)9-5-10(17(18,19)20)24-26(9)3/h4-6H,1-3H3. The molecule has 0 amide bonds. The Kier molecular flexibility index (Phi) is 3.33. The molecule has 0 unspecified atom stereocenters. The van der Waals surface area contributed by atoms with Gasteiger partial charge < -0.3 is 0 Å². The zero-order valence-electron chi connectivity index (χ0n) is 14.9. The topological polar surface area (TPSA) is 73.8 Å². The third-order valence-electron chi connectivity index (χ3n) is 4.49. The normalized spacial score (nSPS) is 12.6. The largest absolute Gasteiger partial charge is 0.435 e. The fraction of sp³-hybridized carbons (Fsp3) is 0.235. The molecule has 0 aliphatic rings. The van der Waals surface area contributed by atoms with Crippen LogP contribution in [0.2, 0.25) is 0 Å². The Labute approximate surface area is 159 Å². The highest BCUT2D eigenvalue weighted by molar-refractivity contribution is 7.26. The van der Waals surface area contributed by atoms with Gasteiger partial charge in [-0.15, -0.1) is 16.4 Å². The second kappa shape index (κ2) is 5.47. The van der Waals surface area contributed by atoms with E-state index in [-0.39, 0.29) is 11.5 Å². The molecular weight excluding hydrogens is 391 g/mol. The lowest BCUT2D eigenvalue weighted by molar-refractivity contribution is -0.141. The predicted molar refractivity (Wildman–Crippen MR) is 98.1 cm³/mol. The van der Waals surface area contributed by atoms with Crippen molar-refractivity contribution in [1.82, 2.24) is 34.3 Å². The van der Waals surface area contributed by atoms with E-state index in [0.29, 0.717) is 5.65 Å². The Morgan fingerprint density at radius 2 is 1.86 bits per heavy atom. The highest BCUT2D eigenvalue weighted by atomic mass is 32.1. The number of fused-ring (bicyclic) bond motifs is 5. The van der Waals surface area contributed by atoms with Gasteiger partial charge in [-0.25, -0.2) is 19.5 Å². The fourth-order valence-corrected chi connectivity index (χ4v) is 4.52. The van der Waals surface area contributed by atoms with Crippen molar-refractivity contribution in [3.8, 4) is 11.5 Å². The summed E-state index contributed by atoms with van der Waals surface area (Å²) in [7, 11) is 1.43. The zero-order chi connectivity index (χ0) is 19.8. The predicted octanol–water partition coefficient (Wildman–Crippen LogP) is 3.92. The minimum atomic E-state index is -4.53. The van der Waals surface area contributed by atoms with Gasteiger partial charge in [0.15, 0.2) is 11.3 Å². The van der Waals surface area contributed by atoms with Gasteiger partial charge in [-0.05, 0) is 31.5 Å². The van der Waals surface area contributed by atoms with Gasteiger partial charge in [-0.1, -0.05) is 0 Å². The van der Waals surface area contributed by atoms with Crippen molar-refractivity contribution >= 4 is 37.4 Å². The van der Waals surface area contributed by atoms with Crippen LogP contribution in [-0.4, -0.2) is 34.3 Å². The maximum Gasteiger partial charge on any atom is 0.435 e. The number of nitrogens with zero attached hydrogens (tertiary/aromatic N) is 7. The number of hydrogen-bond acceptors (Lipinski definition) is 6. The molecular formula is C17H12F3N7S. The van der Waals surface area contributed by atoms with Crippen molar-refractivity contribution in [3.63, 3.8) is 0 Å². The first kappa shape index (κ1) is 17.0. The second-order valence-electron chi connectivity index (χ2n) is 6.52. The number of thiophene rings is 1. The Bertz CT molecular complexity index is 1390. The van der Waals surface area contributed by atoms with Gasteiger partial charge >= 0.3 is 6.18 Å². The molecule has 5 heterocycles. The number of aryl methyl sites for hydroxylation is 3. The minimum absolute atomic E-state index is 0.151. The average molecular weight is 403 g/mol. The van der Waals surface area contributed by atoms with E-state index < -0.39 is 11.9 Å². The Hall–Kier alpha value is -3.08. The van der Waals surface area contributed by atoms with Gasteiger partial charge in [0.2, 0.25) is 5.82 Å². The summed E-state index contributed by atoms with van der Waals surface area (Å²) in [6.45, 7) is 3.92. The van der Waals surface area contributed by atoms with Gasteiger partial charge in [0.1, 0.15) is 21.6 Å². The van der Waals surface area contributed by atoms with Crippen LogP contribution in [0.25, 0.3) is 37.6 Å². The van der Waals surface area contributed by atoms with Crippen LogP contribution in [0, 0.1) is 13.8 Å². The number of halogens is 3. The van der Waals surface area contributed by atoms with E-state index in [1.165, 1.54) is 29.2 Å². The highest BCUT2D eigenvalue weighted by Crippen LogP contribution is 2.36. The number of hydrogen-bond donors (Lipinski definition) is 0. The summed E-state index contributed by atoms with van der Waals surface area (Å²) in [6, 6.07) is 2.93. The molecule has 0 aliphatic heterocycles. The first-order valence-corrected chi connectivity index (χ1v) is 9.07. The minimum Gasteiger partial charge on any atom is -0.264 e. The lowest BCUT2D eigenvalue weighted by Crippen LogP contribution is -2.06. The highest BCUT2D eigenvalue weighted by Gasteiger charge is 2.35. The summed E-state index contributed by atoms with van der Waals surface area (Å²) in [4.78, 5) is 14.4. The first-order chi connectivity index (χ1) is 13.2. The maximum atomic E-state index is 13.0. The molecule has 0 saturated heterocycles. The summed E-state index contributed by atoms with van der Waals surface area (Å²) < 4.78 is 42.3. The molecule has 0 radical (unpaired) electrons. The molecule has 0 fully saturated rings. The molecule has 0 atom stereocenters. The summed E-state index contributed by atoms with van der Waals surface area (Å²) in [6.07, 6.45) is -3.02. The Morgan fingerprint density at radius 3 is 2.57 bits per heavy atom. The van der Waals surface area contributed by atoms with Crippen LogP contribution in [0.4, 0.5) is 13.2 Å². The molecule has 142 valence electrons. The van der Waals surface area contributed by atoms with E-state index in [1.54, 1.807) is 0 Å². The van der Waals surface area contributed by atoms with Gasteiger partial charge in [-0.2, -0.15) is 18.3 Å². The van der Waals surface area contributed by atoms with Crippen LogP contribution in [0.15, 0.2) is 18.5 Å². The smallest absolute Gasteiger partial charge is 0.264 e. The van der Waals surface area contributed by atoms with Crippen molar-refractivity contribution < 1.29 is 13.2 Å². The van der Waals surface area contributed by atoms with Crippen LogP contribution in [0.1, 0.15) is 17.0 Å². The number of pyridine rings is 1. The van der Waals surface area contributed by atoms with Gasteiger partial charge in [0.05, 0.1) is 5.52 Å². The lowest BCUT2D eigenvalue weighted by Gasteiger charge is -1.98. The molecule has 5 rings (SSSR count). The summed E-state index contributed by atoms with van der Waals surface area (Å²) in [5, 5.41) is 8.78. The summed E-state index contributed by atoms with van der Waals surface area (Å²) >= 11 is 1.44.